The minimum absolute atomic E-state index is 0.153. The molecule has 1 unspecified atom stereocenters. The Kier molecular flexibility index (Phi) is 3.26. The van der Waals surface area contributed by atoms with Gasteiger partial charge in [-0.3, -0.25) is 4.79 Å². The summed E-state index contributed by atoms with van der Waals surface area (Å²) in [4.78, 5) is 14.0. The van der Waals surface area contributed by atoms with E-state index < -0.39 is 0 Å². The first-order valence-electron chi connectivity index (χ1n) is 5.47. The molecule has 1 aromatic heterocycles. The van der Waals surface area contributed by atoms with E-state index in [2.05, 4.69) is 10.2 Å². The molecule has 1 saturated heterocycles. The zero-order valence-electron chi connectivity index (χ0n) is 9.40. The molecule has 1 aromatic rings. The van der Waals surface area contributed by atoms with Crippen molar-refractivity contribution < 1.29 is 9.21 Å². The van der Waals surface area contributed by atoms with Crippen LogP contribution >= 0.6 is 0 Å². The lowest BCUT2D eigenvalue weighted by Gasteiger charge is -2.11. The Morgan fingerprint density at radius 3 is 3.06 bits per heavy atom. The summed E-state index contributed by atoms with van der Waals surface area (Å²) in [5.41, 5.74) is 5.41. The van der Waals surface area contributed by atoms with Crippen LogP contribution in [-0.4, -0.2) is 37.0 Å². The highest BCUT2D eigenvalue weighted by molar-refractivity contribution is 5.91. The lowest BCUT2D eigenvalue weighted by Crippen LogP contribution is -2.36. The quantitative estimate of drug-likeness (QED) is 0.766. The summed E-state index contributed by atoms with van der Waals surface area (Å²) in [5, 5.41) is 2.95. The van der Waals surface area contributed by atoms with Crippen LogP contribution in [-0.2, 0) is 6.54 Å². The van der Waals surface area contributed by atoms with Crippen molar-refractivity contribution in [3.8, 4) is 0 Å². The topological polar surface area (TPSA) is 71.5 Å². The van der Waals surface area contributed by atoms with E-state index in [-0.39, 0.29) is 11.9 Å². The van der Waals surface area contributed by atoms with Gasteiger partial charge in [-0.2, -0.15) is 0 Å². The van der Waals surface area contributed by atoms with Crippen LogP contribution in [0.15, 0.2) is 16.5 Å². The molecule has 1 fully saturated rings. The average molecular weight is 223 g/mol. The van der Waals surface area contributed by atoms with E-state index in [0.717, 1.165) is 19.5 Å². The number of likely N-dealkylation sites (tertiary alicyclic amines) is 1. The van der Waals surface area contributed by atoms with Gasteiger partial charge in [0.25, 0.3) is 5.91 Å². The van der Waals surface area contributed by atoms with Crippen molar-refractivity contribution in [1.29, 1.82) is 0 Å². The molecular formula is C11H17N3O2. The molecule has 0 aromatic carbocycles. The first kappa shape index (κ1) is 11.2. The molecular weight excluding hydrogens is 206 g/mol. The molecule has 1 aliphatic heterocycles. The number of carbonyl (C=O) groups excluding carboxylic acids is 1. The highest BCUT2D eigenvalue weighted by Crippen LogP contribution is 2.10. The highest BCUT2D eigenvalue weighted by Gasteiger charge is 2.22. The Labute approximate surface area is 94.6 Å². The second-order valence-electron chi connectivity index (χ2n) is 4.19. The number of nitrogens with one attached hydrogen (secondary N) is 1. The third-order valence-corrected chi connectivity index (χ3v) is 2.81. The Hall–Kier alpha value is -1.33. The van der Waals surface area contributed by atoms with Gasteiger partial charge in [0, 0.05) is 12.6 Å². The van der Waals surface area contributed by atoms with Crippen LogP contribution in [0, 0.1) is 0 Å². The third-order valence-electron chi connectivity index (χ3n) is 2.81. The maximum absolute atomic E-state index is 11.8. The molecule has 0 bridgehead atoms. The Balaban J connectivity index is 1.92. The van der Waals surface area contributed by atoms with Gasteiger partial charge in [0.05, 0.1) is 6.54 Å². The summed E-state index contributed by atoms with van der Waals surface area (Å²) in [6.45, 7) is 2.24. The fourth-order valence-electron chi connectivity index (χ4n) is 1.92. The molecule has 0 radical (unpaired) electrons. The summed E-state index contributed by atoms with van der Waals surface area (Å²) >= 11 is 0. The number of hydrogen-bond donors (Lipinski definition) is 2. The highest BCUT2D eigenvalue weighted by atomic mass is 16.4. The maximum atomic E-state index is 11.8. The number of nitrogens with zero attached hydrogens (tertiary/aromatic N) is 1. The summed E-state index contributed by atoms with van der Waals surface area (Å²) in [5.74, 6) is 0.823. The Morgan fingerprint density at radius 1 is 1.69 bits per heavy atom. The molecule has 1 atom stereocenters. The summed E-state index contributed by atoms with van der Waals surface area (Å²) in [6, 6.07) is 3.62. The molecule has 1 aliphatic rings. The van der Waals surface area contributed by atoms with E-state index in [9.17, 15) is 4.79 Å². The van der Waals surface area contributed by atoms with Gasteiger partial charge in [0.2, 0.25) is 0 Å². The monoisotopic (exact) mass is 223 g/mol. The minimum Gasteiger partial charge on any atom is -0.455 e. The predicted molar refractivity (Wildman–Crippen MR) is 60.0 cm³/mol. The number of nitrogens with two attached hydrogens (primary N) is 1. The third kappa shape index (κ3) is 2.43. The van der Waals surface area contributed by atoms with Crippen LogP contribution in [0.5, 0.6) is 0 Å². The number of rotatable bonds is 3. The van der Waals surface area contributed by atoms with Crippen molar-refractivity contribution in [2.75, 3.05) is 20.1 Å². The van der Waals surface area contributed by atoms with Gasteiger partial charge in [0.15, 0.2) is 5.76 Å². The van der Waals surface area contributed by atoms with Crippen LogP contribution in [0.4, 0.5) is 0 Å². The molecule has 3 N–H and O–H groups in total. The molecule has 0 aliphatic carbocycles. The number of carbonyl (C=O) groups is 1. The van der Waals surface area contributed by atoms with E-state index in [1.54, 1.807) is 12.1 Å². The number of hydrogen-bond acceptors (Lipinski definition) is 4. The molecule has 2 heterocycles. The maximum Gasteiger partial charge on any atom is 0.287 e. The van der Waals surface area contributed by atoms with Crippen molar-refractivity contribution in [3.05, 3.63) is 23.7 Å². The molecule has 88 valence electrons. The SMILES string of the molecule is CN1CCC(NC(=O)c2ccc(CN)o2)C1. The van der Waals surface area contributed by atoms with E-state index in [1.165, 1.54) is 0 Å². The van der Waals surface area contributed by atoms with Crippen molar-refractivity contribution >= 4 is 5.91 Å². The second-order valence-corrected chi connectivity index (χ2v) is 4.19. The van der Waals surface area contributed by atoms with Crippen LogP contribution in [0.1, 0.15) is 22.7 Å². The lowest BCUT2D eigenvalue weighted by atomic mass is 10.2. The average Bonchev–Trinajstić information content (AvgIpc) is 2.87. The fourth-order valence-corrected chi connectivity index (χ4v) is 1.92. The summed E-state index contributed by atoms with van der Waals surface area (Å²) in [6.07, 6.45) is 0.993. The van der Waals surface area contributed by atoms with Crippen molar-refractivity contribution in [3.63, 3.8) is 0 Å². The molecule has 0 spiro atoms. The first-order valence-corrected chi connectivity index (χ1v) is 5.47. The Morgan fingerprint density at radius 2 is 2.50 bits per heavy atom. The van der Waals surface area contributed by atoms with Crippen LogP contribution in [0.2, 0.25) is 0 Å². The standard InChI is InChI=1S/C11H17N3O2/c1-14-5-4-8(7-14)13-11(15)10-3-2-9(6-12)16-10/h2-3,8H,4-7,12H2,1H3,(H,13,15). The van der Waals surface area contributed by atoms with Gasteiger partial charge in [0.1, 0.15) is 5.76 Å². The van der Waals surface area contributed by atoms with Gasteiger partial charge in [-0.15, -0.1) is 0 Å². The number of likely N-dealkylation sites (N-methyl/N-ethyl adjacent to an activating group) is 1. The van der Waals surface area contributed by atoms with Crippen LogP contribution in [0.3, 0.4) is 0 Å². The molecule has 2 rings (SSSR count). The van der Waals surface area contributed by atoms with Gasteiger partial charge in [-0.25, -0.2) is 0 Å². The molecule has 16 heavy (non-hydrogen) atoms. The van der Waals surface area contributed by atoms with E-state index in [0.29, 0.717) is 18.1 Å². The normalized spacial score (nSPS) is 21.2. The van der Waals surface area contributed by atoms with Crippen molar-refractivity contribution in [1.82, 2.24) is 10.2 Å². The molecule has 5 nitrogen and oxygen atoms in total. The zero-order chi connectivity index (χ0) is 11.5. The number of furan rings is 1. The first-order chi connectivity index (χ1) is 7.69. The Bertz CT molecular complexity index is 375. The smallest absolute Gasteiger partial charge is 0.287 e. The zero-order valence-corrected chi connectivity index (χ0v) is 9.40. The minimum atomic E-state index is -0.153. The largest absolute Gasteiger partial charge is 0.455 e. The van der Waals surface area contributed by atoms with E-state index in [1.807, 2.05) is 7.05 Å². The van der Waals surface area contributed by atoms with Gasteiger partial charge < -0.3 is 20.4 Å². The van der Waals surface area contributed by atoms with Crippen molar-refractivity contribution in [2.45, 2.75) is 19.0 Å². The number of amides is 1. The molecule has 0 saturated carbocycles. The molecule has 1 amide bonds. The van der Waals surface area contributed by atoms with Gasteiger partial charge >= 0.3 is 0 Å². The van der Waals surface area contributed by atoms with Gasteiger partial charge in [-0.1, -0.05) is 0 Å². The van der Waals surface area contributed by atoms with Gasteiger partial charge in [-0.05, 0) is 32.1 Å². The van der Waals surface area contributed by atoms with Crippen LogP contribution < -0.4 is 11.1 Å². The lowest BCUT2D eigenvalue weighted by molar-refractivity contribution is 0.0908. The van der Waals surface area contributed by atoms with E-state index >= 15 is 0 Å². The predicted octanol–water partition coefficient (Wildman–Crippen LogP) is 0.172. The second kappa shape index (κ2) is 4.67. The van der Waals surface area contributed by atoms with Crippen LogP contribution in [0.25, 0.3) is 0 Å². The molecule has 5 heteroatoms. The summed E-state index contributed by atoms with van der Waals surface area (Å²) < 4.78 is 5.28. The fraction of sp³-hybridized carbons (Fsp3) is 0.545. The van der Waals surface area contributed by atoms with E-state index in [4.69, 9.17) is 10.2 Å². The van der Waals surface area contributed by atoms with Crippen molar-refractivity contribution in [2.24, 2.45) is 5.73 Å². The summed E-state index contributed by atoms with van der Waals surface area (Å²) in [7, 11) is 2.05.